The Morgan fingerprint density at radius 1 is 1.38 bits per heavy atom. The van der Waals surface area contributed by atoms with E-state index in [0.29, 0.717) is 18.5 Å². The third kappa shape index (κ3) is 4.20. The Bertz CT molecular complexity index is 643. The number of hydrogen-bond donors (Lipinski definition) is 1. The van der Waals surface area contributed by atoms with Crippen molar-refractivity contribution < 1.29 is 4.74 Å². The van der Waals surface area contributed by atoms with Gasteiger partial charge in [0.1, 0.15) is 5.82 Å². The van der Waals surface area contributed by atoms with Crippen molar-refractivity contribution in [2.24, 2.45) is 0 Å². The highest BCUT2D eigenvalue weighted by Crippen LogP contribution is 2.27. The number of unbranched alkanes of at least 4 members (excludes halogenated alkanes) is 1. The molecule has 0 spiro atoms. The monoisotopic (exact) mass is 327 g/mol. The molecule has 1 aliphatic rings. The molecule has 0 radical (unpaired) electrons. The molecular weight excluding hydrogens is 302 g/mol. The maximum Gasteiger partial charge on any atom is 0.222 e. The Hall–Kier alpha value is -2.21. The first-order chi connectivity index (χ1) is 11.8. The molecule has 1 saturated heterocycles. The van der Waals surface area contributed by atoms with Crippen LogP contribution in [0.1, 0.15) is 43.4 Å². The average Bonchev–Trinajstić information content (AvgIpc) is 3.13. The lowest BCUT2D eigenvalue weighted by atomic mass is 10.0. The first-order valence-corrected chi connectivity index (χ1v) is 8.62. The maximum atomic E-state index is 5.98. The van der Waals surface area contributed by atoms with Crippen molar-refractivity contribution >= 4 is 11.8 Å². The van der Waals surface area contributed by atoms with Crippen molar-refractivity contribution in [1.29, 1.82) is 0 Å². The second kappa shape index (κ2) is 8.06. The lowest BCUT2D eigenvalue weighted by Gasteiger charge is -2.24. The SMILES string of the molecule is CCCCN(Cc1cccnc1)c1cc([C@@H]2CCOC2)nc(N)n1. The van der Waals surface area contributed by atoms with Crippen LogP contribution < -0.4 is 10.6 Å². The van der Waals surface area contributed by atoms with Crippen LogP contribution in [0.25, 0.3) is 0 Å². The Labute approximate surface area is 143 Å². The molecule has 0 amide bonds. The van der Waals surface area contributed by atoms with Crippen LogP contribution in [0.2, 0.25) is 0 Å². The fraction of sp³-hybridized carbons (Fsp3) is 0.500. The number of hydrogen-bond acceptors (Lipinski definition) is 6. The molecule has 128 valence electrons. The lowest BCUT2D eigenvalue weighted by Crippen LogP contribution is -2.26. The van der Waals surface area contributed by atoms with Gasteiger partial charge in [0.05, 0.1) is 12.3 Å². The molecule has 2 N–H and O–H groups in total. The summed E-state index contributed by atoms with van der Waals surface area (Å²) in [6.07, 6.45) is 6.92. The lowest BCUT2D eigenvalue weighted by molar-refractivity contribution is 0.193. The highest BCUT2D eigenvalue weighted by Gasteiger charge is 2.21. The molecule has 0 saturated carbocycles. The molecule has 1 aliphatic heterocycles. The van der Waals surface area contributed by atoms with Crippen molar-refractivity contribution in [3.8, 4) is 0 Å². The maximum absolute atomic E-state index is 5.98. The van der Waals surface area contributed by atoms with Crippen LogP contribution >= 0.6 is 0 Å². The van der Waals surface area contributed by atoms with Crippen LogP contribution in [0, 0.1) is 0 Å². The van der Waals surface area contributed by atoms with Crippen LogP contribution in [0.3, 0.4) is 0 Å². The molecule has 1 fully saturated rings. The van der Waals surface area contributed by atoms with E-state index in [1.54, 1.807) is 6.20 Å². The molecule has 2 aromatic rings. The van der Waals surface area contributed by atoms with Crippen LogP contribution in [0.5, 0.6) is 0 Å². The highest BCUT2D eigenvalue weighted by atomic mass is 16.5. The molecule has 2 aromatic heterocycles. The number of rotatable bonds is 7. The van der Waals surface area contributed by atoms with Gasteiger partial charge in [-0.25, -0.2) is 4.98 Å². The van der Waals surface area contributed by atoms with E-state index in [4.69, 9.17) is 10.5 Å². The molecule has 24 heavy (non-hydrogen) atoms. The Kier molecular flexibility index (Phi) is 5.59. The minimum absolute atomic E-state index is 0.320. The van der Waals surface area contributed by atoms with Gasteiger partial charge in [-0.1, -0.05) is 19.4 Å². The van der Waals surface area contributed by atoms with E-state index in [2.05, 4.69) is 38.9 Å². The van der Waals surface area contributed by atoms with Crippen molar-refractivity contribution in [2.45, 2.75) is 38.6 Å². The fourth-order valence-electron chi connectivity index (χ4n) is 2.95. The molecule has 6 nitrogen and oxygen atoms in total. The van der Waals surface area contributed by atoms with Gasteiger partial charge in [0.2, 0.25) is 5.95 Å². The van der Waals surface area contributed by atoms with Crippen LogP contribution in [0.4, 0.5) is 11.8 Å². The van der Waals surface area contributed by atoms with Gasteiger partial charge >= 0.3 is 0 Å². The van der Waals surface area contributed by atoms with E-state index in [0.717, 1.165) is 56.0 Å². The predicted molar refractivity (Wildman–Crippen MR) is 94.8 cm³/mol. The molecule has 0 bridgehead atoms. The normalized spacial score (nSPS) is 17.1. The number of ether oxygens (including phenoxy) is 1. The number of aromatic nitrogens is 3. The fourth-order valence-corrected chi connectivity index (χ4v) is 2.95. The summed E-state index contributed by atoms with van der Waals surface area (Å²) in [6, 6.07) is 6.12. The third-order valence-corrected chi connectivity index (χ3v) is 4.30. The van der Waals surface area contributed by atoms with Gasteiger partial charge in [0, 0.05) is 44.1 Å². The number of nitrogen functional groups attached to an aromatic ring is 1. The minimum atomic E-state index is 0.320. The van der Waals surface area contributed by atoms with Gasteiger partial charge in [-0.15, -0.1) is 0 Å². The first kappa shape index (κ1) is 16.6. The Morgan fingerprint density at radius 2 is 2.29 bits per heavy atom. The molecule has 3 heterocycles. The van der Waals surface area contributed by atoms with Gasteiger partial charge in [-0.2, -0.15) is 4.98 Å². The van der Waals surface area contributed by atoms with E-state index in [9.17, 15) is 0 Å². The third-order valence-electron chi connectivity index (χ3n) is 4.30. The van der Waals surface area contributed by atoms with Gasteiger partial charge in [0.25, 0.3) is 0 Å². The number of nitrogens with zero attached hydrogens (tertiary/aromatic N) is 4. The van der Waals surface area contributed by atoms with Crippen LogP contribution in [0.15, 0.2) is 30.6 Å². The minimum Gasteiger partial charge on any atom is -0.381 e. The zero-order valence-corrected chi connectivity index (χ0v) is 14.2. The summed E-state index contributed by atoms with van der Waals surface area (Å²) < 4.78 is 5.49. The van der Waals surface area contributed by atoms with E-state index in [1.165, 1.54) is 0 Å². The van der Waals surface area contributed by atoms with E-state index < -0.39 is 0 Å². The van der Waals surface area contributed by atoms with Gasteiger partial charge < -0.3 is 15.4 Å². The topological polar surface area (TPSA) is 77.2 Å². The zero-order valence-electron chi connectivity index (χ0n) is 14.2. The van der Waals surface area contributed by atoms with Crippen molar-refractivity contribution in [1.82, 2.24) is 15.0 Å². The Morgan fingerprint density at radius 3 is 3.00 bits per heavy atom. The molecule has 0 aliphatic carbocycles. The van der Waals surface area contributed by atoms with Crippen molar-refractivity contribution in [2.75, 3.05) is 30.4 Å². The summed E-state index contributed by atoms with van der Waals surface area (Å²) in [4.78, 5) is 15.4. The quantitative estimate of drug-likeness (QED) is 0.842. The summed E-state index contributed by atoms with van der Waals surface area (Å²) >= 11 is 0. The van der Waals surface area contributed by atoms with Gasteiger partial charge in [-0.3, -0.25) is 4.98 Å². The summed E-state index contributed by atoms with van der Waals surface area (Å²) in [6.45, 7) is 5.40. The smallest absolute Gasteiger partial charge is 0.222 e. The van der Waals surface area contributed by atoms with Crippen molar-refractivity contribution in [3.05, 3.63) is 41.9 Å². The average molecular weight is 327 g/mol. The molecule has 6 heteroatoms. The van der Waals surface area contributed by atoms with Gasteiger partial charge in [-0.05, 0) is 24.5 Å². The van der Waals surface area contributed by atoms with E-state index in [1.807, 2.05) is 12.3 Å². The summed E-state index contributed by atoms with van der Waals surface area (Å²) in [5.74, 6) is 1.55. The second-order valence-corrected chi connectivity index (χ2v) is 6.21. The number of anilines is 2. The highest BCUT2D eigenvalue weighted by molar-refractivity contribution is 5.45. The van der Waals surface area contributed by atoms with Crippen LogP contribution in [-0.4, -0.2) is 34.7 Å². The van der Waals surface area contributed by atoms with E-state index >= 15 is 0 Å². The van der Waals surface area contributed by atoms with Crippen molar-refractivity contribution in [3.63, 3.8) is 0 Å². The summed E-state index contributed by atoms with van der Waals surface area (Å²) in [5, 5.41) is 0. The first-order valence-electron chi connectivity index (χ1n) is 8.62. The number of pyridine rings is 1. The second-order valence-electron chi connectivity index (χ2n) is 6.21. The summed E-state index contributed by atoms with van der Waals surface area (Å²) in [5.41, 5.74) is 8.14. The molecule has 1 atom stereocenters. The molecule has 3 rings (SSSR count). The number of nitrogens with two attached hydrogens (primary N) is 1. The van der Waals surface area contributed by atoms with Gasteiger partial charge in [0.15, 0.2) is 0 Å². The van der Waals surface area contributed by atoms with E-state index in [-0.39, 0.29) is 0 Å². The largest absolute Gasteiger partial charge is 0.381 e. The predicted octanol–water partition coefficient (Wildman–Crippen LogP) is 2.76. The Balaban J connectivity index is 1.85. The molecule has 0 aromatic carbocycles. The molecule has 0 unspecified atom stereocenters. The molecular formula is C18H25N5O. The van der Waals surface area contributed by atoms with Crippen LogP contribution in [-0.2, 0) is 11.3 Å². The summed E-state index contributed by atoms with van der Waals surface area (Å²) in [7, 11) is 0. The zero-order chi connectivity index (χ0) is 16.8. The standard InChI is InChI=1S/C18H25N5O/c1-2-3-8-23(12-14-5-4-7-20-11-14)17-10-16(21-18(19)22-17)15-6-9-24-13-15/h4-5,7,10-11,15H,2-3,6,8-9,12-13H2,1H3,(H2,19,21,22)/t15-/m1/s1.